The number of hydrazone groups is 1. The van der Waals surface area contributed by atoms with E-state index in [1.54, 1.807) is 17.0 Å². The van der Waals surface area contributed by atoms with E-state index in [4.69, 9.17) is 0 Å². The van der Waals surface area contributed by atoms with Gasteiger partial charge in [0.05, 0.1) is 5.41 Å². The number of carbonyl (C=O) groups excluding carboxylic acids is 3. The molecule has 3 heterocycles. The minimum atomic E-state index is -0.549. The van der Waals surface area contributed by atoms with Gasteiger partial charge in [-0.15, -0.1) is 0 Å². The summed E-state index contributed by atoms with van der Waals surface area (Å²) in [6, 6.07) is 6.20. The highest BCUT2D eigenvalue weighted by Crippen LogP contribution is 2.40. The Labute approximate surface area is 162 Å². The summed E-state index contributed by atoms with van der Waals surface area (Å²) in [5.74, 6) is -0.608. The van der Waals surface area contributed by atoms with Gasteiger partial charge >= 0.3 is 0 Å². The number of halogens is 1. The average Bonchev–Trinajstić information content (AvgIpc) is 3.12. The Morgan fingerprint density at radius 2 is 1.93 bits per heavy atom. The minimum Gasteiger partial charge on any atom is -0.338 e. The van der Waals surface area contributed by atoms with Crippen molar-refractivity contribution < 1.29 is 18.8 Å². The number of nitrogens with zero attached hydrogens (tertiary/aromatic N) is 3. The van der Waals surface area contributed by atoms with Crippen LogP contribution in [0.15, 0.2) is 29.4 Å². The van der Waals surface area contributed by atoms with Crippen LogP contribution in [0.5, 0.6) is 0 Å². The number of piperidine rings is 1. The molecule has 0 aliphatic carbocycles. The molecular formula is C20H23FN4O3. The Morgan fingerprint density at radius 3 is 2.64 bits per heavy atom. The van der Waals surface area contributed by atoms with Crippen LogP contribution in [0, 0.1) is 11.2 Å². The highest BCUT2D eigenvalue weighted by molar-refractivity contribution is 6.39. The lowest BCUT2D eigenvalue weighted by atomic mass is 9.78. The van der Waals surface area contributed by atoms with Crippen molar-refractivity contribution in [2.24, 2.45) is 10.5 Å². The second-order valence-corrected chi connectivity index (χ2v) is 7.81. The van der Waals surface area contributed by atoms with Crippen LogP contribution in [0.2, 0.25) is 0 Å². The van der Waals surface area contributed by atoms with Gasteiger partial charge in [-0.3, -0.25) is 14.4 Å². The highest BCUT2D eigenvalue weighted by atomic mass is 19.1. The summed E-state index contributed by atoms with van der Waals surface area (Å²) < 4.78 is 13.1. The van der Waals surface area contributed by atoms with E-state index in [1.807, 2.05) is 4.90 Å². The zero-order chi connectivity index (χ0) is 19.7. The second-order valence-electron chi connectivity index (χ2n) is 7.81. The normalized spacial score (nSPS) is 25.1. The molecule has 3 aliphatic rings. The van der Waals surface area contributed by atoms with Gasteiger partial charge in [-0.05, 0) is 37.0 Å². The first-order valence-corrected chi connectivity index (χ1v) is 9.65. The van der Waals surface area contributed by atoms with Crippen LogP contribution >= 0.6 is 0 Å². The quantitative estimate of drug-likeness (QED) is 0.853. The van der Waals surface area contributed by atoms with Crippen LogP contribution in [0.4, 0.5) is 4.39 Å². The van der Waals surface area contributed by atoms with Gasteiger partial charge in [0.1, 0.15) is 11.5 Å². The number of hydrogen-bond donors (Lipinski definition) is 1. The summed E-state index contributed by atoms with van der Waals surface area (Å²) in [6.07, 6.45) is 2.87. The number of hydrogen-bond acceptors (Lipinski definition) is 4. The van der Waals surface area contributed by atoms with Crippen LogP contribution < -0.4 is 5.43 Å². The van der Waals surface area contributed by atoms with Gasteiger partial charge in [-0.25, -0.2) is 9.82 Å². The first-order valence-electron chi connectivity index (χ1n) is 9.65. The number of nitrogens with one attached hydrogen (secondary N) is 1. The molecule has 1 spiro atoms. The van der Waals surface area contributed by atoms with E-state index >= 15 is 0 Å². The van der Waals surface area contributed by atoms with Crippen molar-refractivity contribution in [1.29, 1.82) is 0 Å². The number of rotatable bonds is 3. The molecule has 1 aromatic carbocycles. The van der Waals surface area contributed by atoms with Crippen LogP contribution in [-0.4, -0.2) is 52.9 Å². The minimum absolute atomic E-state index is 0.0669. The topological polar surface area (TPSA) is 82.1 Å². The molecular weight excluding hydrogens is 363 g/mol. The average molecular weight is 386 g/mol. The van der Waals surface area contributed by atoms with E-state index in [1.165, 1.54) is 12.1 Å². The zero-order valence-corrected chi connectivity index (χ0v) is 15.6. The molecule has 2 saturated heterocycles. The Bertz CT molecular complexity index is 838. The smallest absolute Gasteiger partial charge is 0.270 e. The van der Waals surface area contributed by atoms with Crippen molar-refractivity contribution in [3.8, 4) is 0 Å². The zero-order valence-electron chi connectivity index (χ0n) is 15.6. The highest BCUT2D eigenvalue weighted by Gasteiger charge is 2.49. The monoisotopic (exact) mass is 386 g/mol. The molecule has 4 rings (SSSR count). The van der Waals surface area contributed by atoms with Crippen LogP contribution in [0.3, 0.4) is 0 Å². The molecule has 0 radical (unpaired) electrons. The summed E-state index contributed by atoms with van der Waals surface area (Å²) in [4.78, 5) is 40.7. The molecule has 7 nitrogen and oxygen atoms in total. The largest absolute Gasteiger partial charge is 0.338 e. The summed E-state index contributed by atoms with van der Waals surface area (Å²) in [6.45, 7) is 2.03. The predicted molar refractivity (Wildman–Crippen MR) is 99.5 cm³/mol. The summed E-state index contributed by atoms with van der Waals surface area (Å²) >= 11 is 0. The first kappa shape index (κ1) is 18.6. The fourth-order valence-corrected chi connectivity index (χ4v) is 4.35. The standard InChI is InChI=1S/C20H23FN4O3/c21-15-4-2-14(3-5-15)12-24-10-1-8-20(19(24)28)9-11-25(13-20)18(27)16-6-7-17(26)23-22-16/h2-5H,1,6-13H2,(H,23,26)/t20-/m1/s1. The number of likely N-dealkylation sites (tertiary alicyclic amines) is 2. The van der Waals surface area contributed by atoms with Gasteiger partial charge in [0.25, 0.3) is 5.91 Å². The molecule has 0 bridgehead atoms. The summed E-state index contributed by atoms with van der Waals surface area (Å²) in [5, 5.41) is 3.89. The van der Waals surface area contributed by atoms with Gasteiger partial charge in [0, 0.05) is 39.0 Å². The second kappa shape index (κ2) is 7.33. The number of amides is 3. The predicted octanol–water partition coefficient (Wildman–Crippen LogP) is 1.43. The number of benzene rings is 1. The third kappa shape index (κ3) is 3.50. The van der Waals surface area contributed by atoms with Gasteiger partial charge in [0.2, 0.25) is 11.8 Å². The van der Waals surface area contributed by atoms with Gasteiger partial charge in [-0.2, -0.15) is 5.10 Å². The van der Waals surface area contributed by atoms with Gasteiger partial charge < -0.3 is 9.80 Å². The molecule has 148 valence electrons. The van der Waals surface area contributed by atoms with Crippen LogP contribution in [0.25, 0.3) is 0 Å². The van der Waals surface area contributed by atoms with E-state index in [0.29, 0.717) is 44.7 Å². The van der Waals surface area contributed by atoms with E-state index < -0.39 is 5.41 Å². The number of carbonyl (C=O) groups is 3. The molecule has 1 aromatic rings. The lowest BCUT2D eigenvalue weighted by molar-refractivity contribution is -0.146. The van der Waals surface area contributed by atoms with Crippen molar-refractivity contribution >= 4 is 23.4 Å². The maximum absolute atomic E-state index is 13.2. The van der Waals surface area contributed by atoms with Crippen molar-refractivity contribution in [2.75, 3.05) is 19.6 Å². The van der Waals surface area contributed by atoms with E-state index in [0.717, 1.165) is 18.4 Å². The van der Waals surface area contributed by atoms with Crippen molar-refractivity contribution in [3.05, 3.63) is 35.6 Å². The van der Waals surface area contributed by atoms with Crippen molar-refractivity contribution in [3.63, 3.8) is 0 Å². The van der Waals surface area contributed by atoms with E-state index in [-0.39, 0.29) is 30.0 Å². The first-order chi connectivity index (χ1) is 13.5. The molecule has 3 amide bonds. The molecule has 0 aromatic heterocycles. The van der Waals surface area contributed by atoms with Gasteiger partial charge in [0.15, 0.2) is 0 Å². The van der Waals surface area contributed by atoms with E-state index in [9.17, 15) is 18.8 Å². The molecule has 1 atom stereocenters. The molecule has 1 N–H and O–H groups in total. The Kier molecular flexibility index (Phi) is 4.87. The third-order valence-corrected chi connectivity index (χ3v) is 5.90. The molecule has 2 fully saturated rings. The SMILES string of the molecule is O=C1CCC(C(=O)N2CC[C@]3(CCCN(Cc4ccc(F)cc4)C3=O)C2)=NN1. The lowest BCUT2D eigenvalue weighted by Crippen LogP contribution is -2.50. The maximum Gasteiger partial charge on any atom is 0.270 e. The fourth-order valence-electron chi connectivity index (χ4n) is 4.35. The fraction of sp³-hybridized carbons (Fsp3) is 0.500. The Balaban J connectivity index is 1.44. The lowest BCUT2D eigenvalue weighted by Gasteiger charge is -2.39. The van der Waals surface area contributed by atoms with Crippen molar-refractivity contribution in [2.45, 2.75) is 38.6 Å². The Hall–Kier alpha value is -2.77. The Morgan fingerprint density at radius 1 is 1.14 bits per heavy atom. The van der Waals surface area contributed by atoms with Crippen LogP contribution in [-0.2, 0) is 20.9 Å². The summed E-state index contributed by atoms with van der Waals surface area (Å²) in [5.41, 5.74) is 3.05. The van der Waals surface area contributed by atoms with Gasteiger partial charge in [-0.1, -0.05) is 12.1 Å². The molecule has 8 heteroatoms. The third-order valence-electron chi connectivity index (χ3n) is 5.90. The maximum atomic E-state index is 13.2. The van der Waals surface area contributed by atoms with Crippen LogP contribution in [0.1, 0.15) is 37.7 Å². The molecule has 28 heavy (non-hydrogen) atoms. The van der Waals surface area contributed by atoms with E-state index in [2.05, 4.69) is 10.5 Å². The molecule has 0 saturated carbocycles. The molecule has 3 aliphatic heterocycles. The summed E-state index contributed by atoms with van der Waals surface area (Å²) in [7, 11) is 0. The van der Waals surface area contributed by atoms with Crippen molar-refractivity contribution in [1.82, 2.24) is 15.2 Å². The molecule has 0 unspecified atom stereocenters.